The number of hydrogen-bond donors (Lipinski definition) is 1. The third kappa shape index (κ3) is 4.61. The number of methoxy groups -OCH3 is 1. The molecule has 0 saturated heterocycles. The summed E-state index contributed by atoms with van der Waals surface area (Å²) in [5, 5.41) is 3.50. The van der Waals surface area contributed by atoms with Gasteiger partial charge < -0.3 is 10.1 Å². The van der Waals surface area contributed by atoms with Crippen LogP contribution in [0.2, 0.25) is 0 Å². The second-order valence-electron chi connectivity index (χ2n) is 7.63. The van der Waals surface area contributed by atoms with Gasteiger partial charge in [-0.1, -0.05) is 57.6 Å². The predicted molar refractivity (Wildman–Crippen MR) is 113 cm³/mol. The minimum absolute atomic E-state index is 0.0901. The van der Waals surface area contributed by atoms with E-state index < -0.39 is 11.6 Å². The largest absolute Gasteiger partial charge is 0.368 e. The SMILES string of the molecule is CCCCC[C@H](NC(=O)C1(OC)CCCCC1)C(=O)c1nc2ccccc2s1. The van der Waals surface area contributed by atoms with E-state index in [2.05, 4.69) is 17.2 Å². The molecule has 0 radical (unpaired) electrons. The van der Waals surface area contributed by atoms with Crippen molar-refractivity contribution in [2.45, 2.75) is 76.4 Å². The minimum atomic E-state index is -0.797. The van der Waals surface area contributed by atoms with E-state index in [1.54, 1.807) is 7.11 Å². The Labute approximate surface area is 170 Å². The normalized spacial score (nSPS) is 17.4. The number of fused-ring (bicyclic) bond motifs is 1. The Morgan fingerprint density at radius 3 is 2.64 bits per heavy atom. The summed E-state index contributed by atoms with van der Waals surface area (Å²) < 4.78 is 6.66. The molecule has 1 heterocycles. The van der Waals surface area contributed by atoms with E-state index >= 15 is 0 Å². The highest BCUT2D eigenvalue weighted by Crippen LogP contribution is 2.32. The summed E-state index contributed by atoms with van der Waals surface area (Å²) in [6.45, 7) is 2.13. The molecule has 0 unspecified atom stereocenters. The first-order valence-electron chi connectivity index (χ1n) is 10.4. The van der Waals surface area contributed by atoms with Crippen molar-refractivity contribution < 1.29 is 14.3 Å². The van der Waals surface area contributed by atoms with Crippen LogP contribution in [-0.4, -0.2) is 35.4 Å². The topological polar surface area (TPSA) is 68.3 Å². The summed E-state index contributed by atoms with van der Waals surface area (Å²) in [7, 11) is 1.60. The molecular weight excluding hydrogens is 372 g/mol. The monoisotopic (exact) mass is 402 g/mol. The maximum Gasteiger partial charge on any atom is 0.252 e. The van der Waals surface area contributed by atoms with E-state index in [-0.39, 0.29) is 11.7 Å². The zero-order chi connectivity index (χ0) is 20.0. The molecule has 0 bridgehead atoms. The maximum atomic E-state index is 13.2. The van der Waals surface area contributed by atoms with Crippen LogP contribution in [0.3, 0.4) is 0 Å². The molecule has 152 valence electrons. The third-order valence-corrected chi connectivity index (χ3v) is 6.74. The average Bonchev–Trinajstić information content (AvgIpc) is 3.17. The van der Waals surface area contributed by atoms with Gasteiger partial charge in [-0.05, 0) is 31.4 Å². The Kier molecular flexibility index (Phi) is 7.18. The van der Waals surface area contributed by atoms with Crippen molar-refractivity contribution in [3.8, 4) is 0 Å². The lowest BCUT2D eigenvalue weighted by molar-refractivity contribution is -0.148. The molecule has 1 aromatic carbocycles. The molecule has 6 heteroatoms. The number of thiazole rings is 1. The molecule has 0 aliphatic heterocycles. The second kappa shape index (κ2) is 9.61. The number of Topliss-reactive ketones (excluding diaryl/α,β-unsaturated/α-hetero) is 1. The van der Waals surface area contributed by atoms with Gasteiger partial charge in [-0.2, -0.15) is 0 Å². The Hall–Kier alpha value is -1.79. The van der Waals surface area contributed by atoms with Crippen molar-refractivity contribution in [2.75, 3.05) is 7.11 Å². The maximum absolute atomic E-state index is 13.2. The van der Waals surface area contributed by atoms with E-state index in [1.807, 2.05) is 24.3 Å². The Morgan fingerprint density at radius 1 is 1.21 bits per heavy atom. The highest BCUT2D eigenvalue weighted by atomic mass is 32.1. The standard InChI is InChI=1S/C22H30N2O3S/c1-3-4-6-12-17(24-21(26)22(27-2)14-9-5-10-15-22)19(25)20-23-16-11-7-8-13-18(16)28-20/h7-8,11,13,17H,3-6,9-10,12,14-15H2,1-2H3,(H,24,26)/t17-/m0/s1. The van der Waals surface area contributed by atoms with Gasteiger partial charge in [0.1, 0.15) is 5.60 Å². The van der Waals surface area contributed by atoms with Crippen molar-refractivity contribution >= 4 is 33.2 Å². The van der Waals surface area contributed by atoms with Crippen molar-refractivity contribution in [3.63, 3.8) is 0 Å². The molecule has 28 heavy (non-hydrogen) atoms. The van der Waals surface area contributed by atoms with Crippen LogP contribution in [0.5, 0.6) is 0 Å². The first-order valence-corrected chi connectivity index (χ1v) is 11.2. The smallest absolute Gasteiger partial charge is 0.252 e. The summed E-state index contributed by atoms with van der Waals surface area (Å²) in [5.41, 5.74) is 0.0323. The number of hydrogen-bond acceptors (Lipinski definition) is 5. The summed E-state index contributed by atoms with van der Waals surface area (Å²) in [4.78, 5) is 30.8. The number of para-hydroxylation sites is 1. The van der Waals surface area contributed by atoms with Crippen LogP contribution >= 0.6 is 11.3 Å². The summed E-state index contributed by atoms with van der Waals surface area (Å²) in [6, 6.07) is 7.20. The van der Waals surface area contributed by atoms with Crippen LogP contribution in [0.1, 0.15) is 74.5 Å². The second-order valence-corrected chi connectivity index (χ2v) is 8.66. The molecule has 1 saturated carbocycles. The highest BCUT2D eigenvalue weighted by molar-refractivity contribution is 7.20. The van der Waals surface area contributed by atoms with Crippen LogP contribution < -0.4 is 5.32 Å². The van der Waals surface area contributed by atoms with Crippen LogP contribution in [-0.2, 0) is 9.53 Å². The fourth-order valence-electron chi connectivity index (χ4n) is 3.93. The fraction of sp³-hybridized carbons (Fsp3) is 0.591. The van der Waals surface area contributed by atoms with Gasteiger partial charge in [-0.15, -0.1) is 11.3 Å². The fourth-order valence-corrected chi connectivity index (χ4v) is 4.89. The molecule has 1 fully saturated rings. The number of nitrogens with zero attached hydrogens (tertiary/aromatic N) is 1. The number of ketones is 1. The van der Waals surface area contributed by atoms with Crippen molar-refractivity contribution in [3.05, 3.63) is 29.3 Å². The quantitative estimate of drug-likeness (QED) is 0.479. The van der Waals surface area contributed by atoms with E-state index in [1.165, 1.54) is 11.3 Å². The molecular formula is C22H30N2O3S. The number of amides is 1. The Balaban J connectivity index is 1.79. The van der Waals surface area contributed by atoms with Crippen LogP contribution in [0.15, 0.2) is 24.3 Å². The minimum Gasteiger partial charge on any atom is -0.368 e. The number of unbranched alkanes of at least 4 members (excludes halogenated alkanes) is 2. The number of benzene rings is 1. The van der Waals surface area contributed by atoms with Gasteiger partial charge in [-0.25, -0.2) is 4.98 Å². The number of nitrogens with one attached hydrogen (secondary N) is 1. The van der Waals surface area contributed by atoms with Crippen LogP contribution in [0.4, 0.5) is 0 Å². The van der Waals surface area contributed by atoms with Crippen molar-refractivity contribution in [1.29, 1.82) is 0 Å². The lowest BCUT2D eigenvalue weighted by atomic mass is 9.83. The molecule has 1 aliphatic rings. The Morgan fingerprint density at radius 2 is 1.96 bits per heavy atom. The Bertz CT molecular complexity index is 778. The first-order chi connectivity index (χ1) is 13.6. The lowest BCUT2D eigenvalue weighted by Crippen LogP contribution is -2.54. The predicted octanol–water partition coefficient (Wildman–Crippen LogP) is 4.89. The molecule has 1 aromatic heterocycles. The van der Waals surface area contributed by atoms with E-state index in [0.29, 0.717) is 24.3 Å². The third-order valence-electron chi connectivity index (χ3n) is 5.69. The summed E-state index contributed by atoms with van der Waals surface area (Å²) >= 11 is 1.40. The van der Waals surface area contributed by atoms with Crippen LogP contribution in [0.25, 0.3) is 10.2 Å². The molecule has 3 rings (SSSR count). The number of carbonyl (C=O) groups excluding carboxylic acids is 2. The average molecular weight is 403 g/mol. The van der Waals surface area contributed by atoms with E-state index in [0.717, 1.165) is 48.7 Å². The van der Waals surface area contributed by atoms with E-state index in [4.69, 9.17) is 4.74 Å². The van der Waals surface area contributed by atoms with E-state index in [9.17, 15) is 9.59 Å². The number of rotatable bonds is 9. The number of aromatic nitrogens is 1. The van der Waals surface area contributed by atoms with Gasteiger partial charge in [0, 0.05) is 7.11 Å². The molecule has 5 nitrogen and oxygen atoms in total. The van der Waals surface area contributed by atoms with Gasteiger partial charge >= 0.3 is 0 Å². The zero-order valence-electron chi connectivity index (χ0n) is 16.8. The van der Waals surface area contributed by atoms with Gasteiger partial charge in [0.25, 0.3) is 5.91 Å². The highest BCUT2D eigenvalue weighted by Gasteiger charge is 2.41. The van der Waals surface area contributed by atoms with Crippen molar-refractivity contribution in [1.82, 2.24) is 10.3 Å². The van der Waals surface area contributed by atoms with Gasteiger partial charge in [-0.3, -0.25) is 9.59 Å². The van der Waals surface area contributed by atoms with Gasteiger partial charge in [0.15, 0.2) is 5.01 Å². The summed E-state index contributed by atoms with van der Waals surface area (Å²) in [6.07, 6.45) is 8.15. The molecule has 1 amide bonds. The van der Waals surface area contributed by atoms with Crippen molar-refractivity contribution in [2.24, 2.45) is 0 Å². The lowest BCUT2D eigenvalue weighted by Gasteiger charge is -2.35. The molecule has 0 spiro atoms. The van der Waals surface area contributed by atoms with Gasteiger partial charge in [0.2, 0.25) is 5.78 Å². The molecule has 1 N–H and O–H groups in total. The summed E-state index contributed by atoms with van der Waals surface area (Å²) in [5.74, 6) is -0.238. The molecule has 1 aliphatic carbocycles. The molecule has 1 atom stereocenters. The zero-order valence-corrected chi connectivity index (χ0v) is 17.6. The van der Waals surface area contributed by atoms with Gasteiger partial charge in [0.05, 0.1) is 16.3 Å². The molecule has 2 aromatic rings. The number of ether oxygens (including phenoxy) is 1. The van der Waals surface area contributed by atoms with Crippen LogP contribution in [0, 0.1) is 0 Å². The first kappa shape index (κ1) is 20.9. The number of carbonyl (C=O) groups is 2.